The minimum atomic E-state index is -3.61. The minimum absolute atomic E-state index is 0.155. The van der Waals surface area contributed by atoms with Gasteiger partial charge in [0.05, 0.1) is 4.90 Å². The van der Waals surface area contributed by atoms with Crippen LogP contribution in [0.2, 0.25) is 0 Å². The van der Waals surface area contributed by atoms with E-state index in [0.717, 1.165) is 5.56 Å². The Bertz CT molecular complexity index is 495. The highest BCUT2D eigenvalue weighted by atomic mass is 32.2. The molecule has 1 fully saturated rings. The molecule has 0 radical (unpaired) electrons. The van der Waals surface area contributed by atoms with E-state index in [9.17, 15) is 8.42 Å². The van der Waals surface area contributed by atoms with Crippen molar-refractivity contribution in [3.63, 3.8) is 0 Å². The minimum Gasteiger partial charge on any atom is -0.307 e. The number of benzene rings is 1. The van der Waals surface area contributed by atoms with E-state index in [1.165, 1.54) is 25.3 Å². The number of hydrogen-bond donors (Lipinski definition) is 2. The Hall–Kier alpha value is -0.910. The molecule has 0 spiro atoms. The second-order valence-corrected chi connectivity index (χ2v) is 6.20. The van der Waals surface area contributed by atoms with E-state index in [4.69, 9.17) is 5.14 Å². The second kappa shape index (κ2) is 4.76. The van der Waals surface area contributed by atoms with E-state index >= 15 is 0 Å². The first-order valence-corrected chi connectivity index (χ1v) is 7.40. The van der Waals surface area contributed by atoms with Gasteiger partial charge in [0.1, 0.15) is 0 Å². The molecule has 1 aliphatic carbocycles. The molecule has 1 aliphatic rings. The smallest absolute Gasteiger partial charge is 0.238 e. The zero-order chi connectivity index (χ0) is 12.5. The number of sulfonamides is 1. The quantitative estimate of drug-likeness (QED) is 0.856. The maximum Gasteiger partial charge on any atom is 0.238 e. The van der Waals surface area contributed by atoms with Crippen LogP contribution in [-0.2, 0) is 10.0 Å². The lowest BCUT2D eigenvalue weighted by molar-refractivity contribution is 0.313. The Balaban J connectivity index is 2.14. The van der Waals surface area contributed by atoms with Gasteiger partial charge in [-0.25, -0.2) is 13.6 Å². The van der Waals surface area contributed by atoms with Crippen LogP contribution in [0.25, 0.3) is 0 Å². The van der Waals surface area contributed by atoms with Crippen LogP contribution in [-0.4, -0.2) is 14.5 Å². The molecule has 1 aromatic rings. The van der Waals surface area contributed by atoms with E-state index < -0.39 is 10.0 Å². The molecule has 1 saturated carbocycles. The Morgan fingerprint density at radius 2 is 2.12 bits per heavy atom. The third-order valence-corrected chi connectivity index (χ3v) is 4.19. The lowest BCUT2D eigenvalue weighted by atomic mass is 9.92. The van der Waals surface area contributed by atoms with Crippen molar-refractivity contribution in [2.45, 2.75) is 43.2 Å². The molecule has 5 heteroatoms. The summed E-state index contributed by atoms with van der Waals surface area (Å²) in [5.74, 6) is 0. The largest absolute Gasteiger partial charge is 0.307 e. The van der Waals surface area contributed by atoms with Crippen molar-refractivity contribution >= 4 is 10.0 Å². The van der Waals surface area contributed by atoms with Crippen LogP contribution in [0.1, 0.15) is 37.8 Å². The van der Waals surface area contributed by atoms with Crippen molar-refractivity contribution in [2.24, 2.45) is 5.14 Å². The van der Waals surface area contributed by atoms with Gasteiger partial charge in [0.15, 0.2) is 0 Å². The SMILES string of the molecule is CC(NC1CCC1)c1cccc(S(N)(=O)=O)c1. The molecule has 0 heterocycles. The van der Waals surface area contributed by atoms with Gasteiger partial charge in [-0.2, -0.15) is 0 Å². The van der Waals surface area contributed by atoms with Gasteiger partial charge in [0.25, 0.3) is 0 Å². The Kier molecular flexibility index (Phi) is 3.51. The number of nitrogens with one attached hydrogen (secondary N) is 1. The number of rotatable bonds is 4. The van der Waals surface area contributed by atoms with Gasteiger partial charge in [-0.3, -0.25) is 0 Å². The van der Waals surface area contributed by atoms with Crippen molar-refractivity contribution in [2.75, 3.05) is 0 Å². The third kappa shape index (κ3) is 3.06. The zero-order valence-corrected chi connectivity index (χ0v) is 10.7. The van der Waals surface area contributed by atoms with Crippen LogP contribution in [0, 0.1) is 0 Å². The highest BCUT2D eigenvalue weighted by Crippen LogP contribution is 2.23. The van der Waals surface area contributed by atoms with Gasteiger partial charge in [-0.1, -0.05) is 18.6 Å². The van der Waals surface area contributed by atoms with E-state index in [1.54, 1.807) is 12.1 Å². The molecule has 3 N–H and O–H groups in total. The predicted molar refractivity (Wildman–Crippen MR) is 67.0 cm³/mol. The number of hydrogen-bond acceptors (Lipinski definition) is 3. The highest BCUT2D eigenvalue weighted by Gasteiger charge is 2.20. The summed E-state index contributed by atoms with van der Waals surface area (Å²) >= 11 is 0. The van der Waals surface area contributed by atoms with Crippen LogP contribution in [0.3, 0.4) is 0 Å². The van der Waals surface area contributed by atoms with Crippen molar-refractivity contribution in [1.29, 1.82) is 0 Å². The van der Waals surface area contributed by atoms with Crippen molar-refractivity contribution in [3.8, 4) is 0 Å². The molecule has 0 bridgehead atoms. The summed E-state index contributed by atoms with van der Waals surface area (Å²) in [6.45, 7) is 2.04. The molecule has 0 amide bonds. The lowest BCUT2D eigenvalue weighted by Crippen LogP contribution is -2.36. The van der Waals surface area contributed by atoms with Crippen LogP contribution in [0.5, 0.6) is 0 Å². The van der Waals surface area contributed by atoms with E-state index in [1.807, 2.05) is 13.0 Å². The molecule has 1 unspecified atom stereocenters. The summed E-state index contributed by atoms with van der Waals surface area (Å²) in [6.07, 6.45) is 3.69. The van der Waals surface area contributed by atoms with E-state index in [2.05, 4.69) is 5.32 Å². The van der Waals surface area contributed by atoms with Crippen molar-refractivity contribution < 1.29 is 8.42 Å². The summed E-state index contributed by atoms with van der Waals surface area (Å²) in [6, 6.07) is 7.55. The summed E-state index contributed by atoms with van der Waals surface area (Å²) in [7, 11) is -3.61. The molecule has 17 heavy (non-hydrogen) atoms. The fraction of sp³-hybridized carbons (Fsp3) is 0.500. The fourth-order valence-corrected chi connectivity index (χ4v) is 2.55. The second-order valence-electron chi connectivity index (χ2n) is 4.63. The molecule has 4 nitrogen and oxygen atoms in total. The van der Waals surface area contributed by atoms with Gasteiger partial charge < -0.3 is 5.32 Å². The molecular formula is C12H18N2O2S. The molecule has 0 aliphatic heterocycles. The average Bonchev–Trinajstić information content (AvgIpc) is 2.22. The molecule has 2 rings (SSSR count). The Morgan fingerprint density at radius 1 is 1.41 bits per heavy atom. The monoisotopic (exact) mass is 254 g/mol. The highest BCUT2D eigenvalue weighted by molar-refractivity contribution is 7.89. The molecule has 94 valence electrons. The van der Waals surface area contributed by atoms with Crippen LogP contribution >= 0.6 is 0 Å². The maximum absolute atomic E-state index is 11.3. The van der Waals surface area contributed by atoms with Crippen LogP contribution in [0.15, 0.2) is 29.2 Å². The standard InChI is InChI=1S/C12H18N2O2S/c1-9(14-11-5-3-6-11)10-4-2-7-12(8-10)17(13,15)16/h2,4,7-9,11,14H,3,5-6H2,1H3,(H2,13,15,16). The summed E-state index contributed by atoms with van der Waals surface area (Å²) in [4.78, 5) is 0.178. The van der Waals surface area contributed by atoms with Gasteiger partial charge in [-0.05, 0) is 37.5 Å². The van der Waals surface area contributed by atoms with Crippen molar-refractivity contribution in [3.05, 3.63) is 29.8 Å². The zero-order valence-electron chi connectivity index (χ0n) is 9.89. The van der Waals surface area contributed by atoms with Crippen LogP contribution in [0.4, 0.5) is 0 Å². The lowest BCUT2D eigenvalue weighted by Gasteiger charge is -2.30. The number of primary sulfonamides is 1. The van der Waals surface area contributed by atoms with Gasteiger partial charge in [0, 0.05) is 12.1 Å². The van der Waals surface area contributed by atoms with E-state index in [-0.39, 0.29) is 10.9 Å². The predicted octanol–water partition coefficient (Wildman–Crippen LogP) is 1.54. The molecule has 0 saturated heterocycles. The molecule has 1 aromatic carbocycles. The molecular weight excluding hydrogens is 236 g/mol. The summed E-state index contributed by atoms with van der Waals surface area (Å²) in [5, 5.41) is 8.59. The maximum atomic E-state index is 11.3. The summed E-state index contributed by atoms with van der Waals surface area (Å²) < 4.78 is 22.5. The van der Waals surface area contributed by atoms with Gasteiger partial charge >= 0.3 is 0 Å². The normalized spacial score (nSPS) is 18.7. The molecule has 1 atom stereocenters. The topological polar surface area (TPSA) is 72.2 Å². The van der Waals surface area contributed by atoms with E-state index in [0.29, 0.717) is 6.04 Å². The average molecular weight is 254 g/mol. The summed E-state index contributed by atoms with van der Waals surface area (Å²) in [5.41, 5.74) is 0.962. The van der Waals surface area contributed by atoms with Gasteiger partial charge in [0.2, 0.25) is 10.0 Å². The Morgan fingerprint density at radius 3 is 2.65 bits per heavy atom. The number of nitrogens with two attached hydrogens (primary N) is 1. The van der Waals surface area contributed by atoms with Crippen molar-refractivity contribution in [1.82, 2.24) is 5.32 Å². The fourth-order valence-electron chi connectivity index (χ4n) is 1.99. The van der Waals surface area contributed by atoms with Crippen LogP contribution < -0.4 is 10.5 Å². The molecule has 0 aromatic heterocycles. The first-order chi connectivity index (χ1) is 7.97. The first-order valence-electron chi connectivity index (χ1n) is 5.85. The first kappa shape index (κ1) is 12.5. The Labute approximate surface area is 102 Å². The van der Waals surface area contributed by atoms with Gasteiger partial charge in [-0.15, -0.1) is 0 Å². The third-order valence-electron chi connectivity index (χ3n) is 3.28.